The van der Waals surface area contributed by atoms with Crippen molar-refractivity contribution in [3.63, 3.8) is 0 Å². The number of nitrogens with one attached hydrogen (secondary N) is 1. The van der Waals surface area contributed by atoms with Gasteiger partial charge in [-0.05, 0) is 36.1 Å². The summed E-state index contributed by atoms with van der Waals surface area (Å²) in [5.41, 5.74) is 1.71. The van der Waals surface area contributed by atoms with E-state index >= 15 is 0 Å². The number of hydrogen-bond acceptors (Lipinski definition) is 3. The molecule has 0 fully saturated rings. The third-order valence-electron chi connectivity index (χ3n) is 4.63. The van der Waals surface area contributed by atoms with E-state index in [-0.39, 0.29) is 5.91 Å². The first-order valence-electron chi connectivity index (χ1n) is 8.64. The lowest BCUT2D eigenvalue weighted by Crippen LogP contribution is -2.42. The van der Waals surface area contributed by atoms with Crippen molar-refractivity contribution in [2.75, 3.05) is 20.8 Å². The van der Waals surface area contributed by atoms with Crippen molar-refractivity contribution < 1.29 is 14.3 Å². The fraction of sp³-hybridized carbons (Fsp3) is 0.381. The lowest BCUT2D eigenvalue weighted by atomic mass is 9.90. The Labute approximate surface area is 150 Å². The van der Waals surface area contributed by atoms with E-state index in [9.17, 15) is 4.79 Å². The molecule has 1 N–H and O–H groups in total. The van der Waals surface area contributed by atoms with Crippen molar-refractivity contribution in [2.45, 2.75) is 31.8 Å². The van der Waals surface area contributed by atoms with Crippen molar-refractivity contribution in [1.29, 1.82) is 0 Å². The molecule has 134 valence electrons. The molecule has 0 aliphatic rings. The number of aryl methyl sites for hydroxylation is 1. The molecule has 0 saturated carbocycles. The van der Waals surface area contributed by atoms with Crippen LogP contribution in [0.3, 0.4) is 0 Å². The fourth-order valence-electron chi connectivity index (χ4n) is 2.89. The highest BCUT2D eigenvalue weighted by Crippen LogP contribution is 2.28. The smallest absolute Gasteiger partial charge is 0.220 e. The molecule has 0 heterocycles. The number of ether oxygens (including phenoxy) is 2. The van der Waals surface area contributed by atoms with Gasteiger partial charge < -0.3 is 14.8 Å². The third kappa shape index (κ3) is 5.07. The summed E-state index contributed by atoms with van der Waals surface area (Å²) in [6, 6.07) is 17.8. The summed E-state index contributed by atoms with van der Waals surface area (Å²) < 4.78 is 10.9. The largest absolute Gasteiger partial charge is 0.497 e. The van der Waals surface area contributed by atoms with Crippen molar-refractivity contribution >= 4 is 5.91 Å². The summed E-state index contributed by atoms with van der Waals surface area (Å²) >= 11 is 0. The number of amides is 1. The maximum absolute atomic E-state index is 12.3. The molecule has 0 radical (unpaired) electrons. The minimum atomic E-state index is -0.489. The van der Waals surface area contributed by atoms with Gasteiger partial charge in [0.15, 0.2) is 0 Å². The molecule has 1 amide bonds. The van der Waals surface area contributed by atoms with E-state index in [0.717, 1.165) is 23.3 Å². The van der Waals surface area contributed by atoms with Gasteiger partial charge in [0.25, 0.3) is 0 Å². The molecule has 4 heteroatoms. The van der Waals surface area contributed by atoms with Gasteiger partial charge in [0, 0.05) is 13.5 Å². The summed E-state index contributed by atoms with van der Waals surface area (Å²) in [6.45, 7) is 2.53. The Hall–Kier alpha value is -2.33. The maximum atomic E-state index is 12.3. The standard InChI is InChI=1S/C21H27NO3/c1-4-21(25-3,18-8-6-5-7-9-18)16-22-20(23)15-12-17-10-13-19(24-2)14-11-17/h5-11,13-14H,4,12,15-16H2,1-3H3,(H,22,23)/t21-/m1/s1. The quantitative estimate of drug-likeness (QED) is 0.756. The van der Waals surface area contributed by atoms with Gasteiger partial charge in [0.05, 0.1) is 13.7 Å². The number of carbonyl (C=O) groups excluding carboxylic acids is 1. The molecule has 2 rings (SSSR count). The lowest BCUT2D eigenvalue weighted by molar-refractivity contribution is -0.123. The lowest BCUT2D eigenvalue weighted by Gasteiger charge is -2.32. The highest BCUT2D eigenvalue weighted by atomic mass is 16.5. The number of hydrogen-bond donors (Lipinski definition) is 1. The van der Waals surface area contributed by atoms with Crippen LogP contribution in [0.25, 0.3) is 0 Å². The second-order valence-electron chi connectivity index (χ2n) is 6.04. The molecule has 2 aromatic carbocycles. The van der Waals surface area contributed by atoms with E-state index in [4.69, 9.17) is 9.47 Å². The highest BCUT2D eigenvalue weighted by Gasteiger charge is 2.30. The molecule has 2 aromatic rings. The van der Waals surface area contributed by atoms with E-state index < -0.39 is 5.60 Å². The first kappa shape index (κ1) is 19.0. The van der Waals surface area contributed by atoms with Crippen LogP contribution in [0.2, 0.25) is 0 Å². The second-order valence-corrected chi connectivity index (χ2v) is 6.04. The fourth-order valence-corrected chi connectivity index (χ4v) is 2.89. The molecule has 0 saturated heterocycles. The average molecular weight is 341 g/mol. The van der Waals surface area contributed by atoms with Crippen LogP contribution in [-0.4, -0.2) is 26.7 Å². The summed E-state index contributed by atoms with van der Waals surface area (Å²) in [6.07, 6.45) is 1.93. The Morgan fingerprint density at radius 2 is 1.72 bits per heavy atom. The van der Waals surface area contributed by atoms with Gasteiger partial charge in [0.1, 0.15) is 11.4 Å². The zero-order valence-corrected chi connectivity index (χ0v) is 15.2. The Bertz CT molecular complexity index is 649. The Morgan fingerprint density at radius 1 is 1.04 bits per heavy atom. The van der Waals surface area contributed by atoms with Crippen LogP contribution in [0, 0.1) is 0 Å². The molecule has 1 atom stereocenters. The van der Waals surface area contributed by atoms with Crippen molar-refractivity contribution in [2.24, 2.45) is 0 Å². The van der Waals surface area contributed by atoms with E-state index in [0.29, 0.717) is 19.4 Å². The molecule has 25 heavy (non-hydrogen) atoms. The highest BCUT2D eigenvalue weighted by molar-refractivity contribution is 5.76. The molecule has 4 nitrogen and oxygen atoms in total. The van der Waals surface area contributed by atoms with Gasteiger partial charge in [0.2, 0.25) is 5.91 Å². The second kappa shape index (κ2) is 9.23. The summed E-state index contributed by atoms with van der Waals surface area (Å²) in [4.78, 5) is 12.3. The minimum absolute atomic E-state index is 0.0293. The normalized spacial score (nSPS) is 13.1. The number of methoxy groups -OCH3 is 2. The van der Waals surface area contributed by atoms with E-state index in [1.54, 1.807) is 14.2 Å². The molecule has 0 aliphatic heterocycles. The van der Waals surface area contributed by atoms with Crippen LogP contribution < -0.4 is 10.1 Å². The topological polar surface area (TPSA) is 47.6 Å². The molecule has 0 unspecified atom stereocenters. The Morgan fingerprint density at radius 3 is 2.28 bits per heavy atom. The van der Waals surface area contributed by atoms with Crippen LogP contribution >= 0.6 is 0 Å². The summed E-state index contributed by atoms with van der Waals surface area (Å²) in [5, 5.41) is 3.03. The van der Waals surface area contributed by atoms with Crippen LogP contribution in [0.5, 0.6) is 5.75 Å². The molecule has 0 bridgehead atoms. The van der Waals surface area contributed by atoms with Gasteiger partial charge in [-0.3, -0.25) is 4.79 Å². The zero-order chi connectivity index (χ0) is 18.1. The van der Waals surface area contributed by atoms with Gasteiger partial charge in [-0.25, -0.2) is 0 Å². The molecular weight excluding hydrogens is 314 g/mol. The van der Waals surface area contributed by atoms with Gasteiger partial charge >= 0.3 is 0 Å². The molecule has 0 aromatic heterocycles. The van der Waals surface area contributed by atoms with E-state index in [1.165, 1.54) is 0 Å². The predicted octanol–water partition coefficient (Wildman–Crippen LogP) is 3.70. The maximum Gasteiger partial charge on any atom is 0.220 e. The Balaban J connectivity index is 1.90. The molecular formula is C21H27NO3. The first-order valence-corrected chi connectivity index (χ1v) is 8.64. The summed E-state index contributed by atoms with van der Waals surface area (Å²) in [5.74, 6) is 0.852. The van der Waals surface area contributed by atoms with E-state index in [1.807, 2.05) is 54.6 Å². The monoisotopic (exact) mass is 341 g/mol. The van der Waals surface area contributed by atoms with Gasteiger partial charge in [-0.15, -0.1) is 0 Å². The van der Waals surface area contributed by atoms with Crippen LogP contribution in [0.1, 0.15) is 30.9 Å². The number of rotatable bonds is 9. The average Bonchev–Trinajstić information content (AvgIpc) is 2.69. The SMILES string of the molecule is CC[C@](CNC(=O)CCc1ccc(OC)cc1)(OC)c1ccccc1. The number of carbonyl (C=O) groups is 1. The zero-order valence-electron chi connectivity index (χ0n) is 15.2. The van der Waals surface area contributed by atoms with E-state index in [2.05, 4.69) is 12.2 Å². The van der Waals surface area contributed by atoms with Crippen LogP contribution in [0.15, 0.2) is 54.6 Å². The van der Waals surface area contributed by atoms with Crippen LogP contribution in [0.4, 0.5) is 0 Å². The molecule has 0 aliphatic carbocycles. The predicted molar refractivity (Wildman–Crippen MR) is 99.7 cm³/mol. The van der Waals surface area contributed by atoms with Gasteiger partial charge in [-0.2, -0.15) is 0 Å². The Kier molecular flexibility index (Phi) is 7.02. The number of benzene rings is 2. The van der Waals surface area contributed by atoms with Gasteiger partial charge in [-0.1, -0.05) is 49.4 Å². The van der Waals surface area contributed by atoms with Crippen LogP contribution in [-0.2, 0) is 21.6 Å². The molecule has 0 spiro atoms. The van der Waals surface area contributed by atoms with Crippen molar-refractivity contribution in [1.82, 2.24) is 5.32 Å². The van der Waals surface area contributed by atoms with Crippen molar-refractivity contribution in [3.05, 3.63) is 65.7 Å². The minimum Gasteiger partial charge on any atom is -0.497 e. The summed E-state index contributed by atoms with van der Waals surface area (Å²) in [7, 11) is 3.34. The third-order valence-corrected chi connectivity index (χ3v) is 4.63. The van der Waals surface area contributed by atoms with Crippen molar-refractivity contribution in [3.8, 4) is 5.75 Å². The first-order chi connectivity index (χ1) is 12.1.